The summed E-state index contributed by atoms with van der Waals surface area (Å²) < 4.78 is 17.6. The van der Waals surface area contributed by atoms with Crippen LogP contribution in [0.25, 0.3) is 16.8 Å². The molecule has 8 nitrogen and oxygen atoms in total. The van der Waals surface area contributed by atoms with Crippen LogP contribution in [0.15, 0.2) is 109 Å². The zero-order chi connectivity index (χ0) is 32.2. The van der Waals surface area contributed by atoms with Gasteiger partial charge in [-0.3, -0.25) is 14.9 Å². The Balaban J connectivity index is 1.18. The molecular weight excluding hydrogens is 604 g/mol. The highest BCUT2D eigenvalue weighted by molar-refractivity contribution is 6.39. The Hall–Kier alpha value is -5.60. The largest absolute Gasteiger partial charge is 0.493 e. The van der Waals surface area contributed by atoms with Crippen LogP contribution < -0.4 is 24.4 Å². The number of ether oxygens (including phenoxy) is 3. The smallest absolute Gasteiger partial charge is 0.335 e. The number of barbiturate groups is 1. The van der Waals surface area contributed by atoms with Crippen molar-refractivity contribution in [2.75, 3.05) is 12.0 Å². The number of hydrogen-bond acceptors (Lipinski definition) is 6. The molecule has 0 aliphatic carbocycles. The van der Waals surface area contributed by atoms with Gasteiger partial charge in [-0.05, 0) is 89.0 Å². The first kappa shape index (κ1) is 30.4. The zero-order valence-corrected chi connectivity index (χ0v) is 25.8. The molecule has 1 fully saturated rings. The van der Waals surface area contributed by atoms with Crippen LogP contribution in [0, 0.1) is 6.92 Å². The zero-order valence-electron chi connectivity index (χ0n) is 25.1. The maximum absolute atomic E-state index is 13.5. The van der Waals surface area contributed by atoms with Gasteiger partial charge in [0.25, 0.3) is 11.8 Å². The lowest BCUT2D eigenvalue weighted by molar-refractivity contribution is -0.122. The second-order valence-corrected chi connectivity index (χ2v) is 11.1. The molecule has 1 N–H and O–H groups in total. The van der Waals surface area contributed by atoms with Crippen molar-refractivity contribution in [3.63, 3.8) is 0 Å². The van der Waals surface area contributed by atoms with Crippen molar-refractivity contribution in [1.29, 1.82) is 0 Å². The number of imide groups is 2. The van der Waals surface area contributed by atoms with Gasteiger partial charge in [-0.2, -0.15) is 0 Å². The number of hydrogen-bond donors (Lipinski definition) is 1. The molecule has 0 saturated carbocycles. The molecule has 5 aromatic carbocycles. The highest BCUT2D eigenvalue weighted by Crippen LogP contribution is 2.32. The Bertz CT molecular complexity index is 1990. The van der Waals surface area contributed by atoms with Crippen molar-refractivity contribution in [1.82, 2.24) is 5.32 Å². The van der Waals surface area contributed by atoms with Gasteiger partial charge in [-0.15, -0.1) is 0 Å². The van der Waals surface area contributed by atoms with Crippen LogP contribution in [0.4, 0.5) is 10.5 Å². The van der Waals surface area contributed by atoms with Crippen molar-refractivity contribution in [2.24, 2.45) is 0 Å². The lowest BCUT2D eigenvalue weighted by Gasteiger charge is -2.26. The van der Waals surface area contributed by atoms with E-state index in [1.165, 1.54) is 13.2 Å². The third-order valence-electron chi connectivity index (χ3n) is 7.66. The van der Waals surface area contributed by atoms with Gasteiger partial charge in [0.15, 0.2) is 11.5 Å². The Morgan fingerprint density at radius 2 is 1.57 bits per heavy atom. The summed E-state index contributed by atoms with van der Waals surface area (Å²) in [6, 6.07) is 30.3. The highest BCUT2D eigenvalue weighted by atomic mass is 35.5. The lowest BCUT2D eigenvalue weighted by atomic mass is 10.0. The number of nitrogens with zero attached hydrogens (tertiary/aromatic N) is 1. The quantitative estimate of drug-likeness (QED) is 0.133. The van der Waals surface area contributed by atoms with Crippen LogP contribution in [0.1, 0.15) is 22.3 Å². The van der Waals surface area contributed by atoms with E-state index in [1.54, 1.807) is 54.6 Å². The minimum atomic E-state index is -0.841. The molecule has 1 aliphatic rings. The van der Waals surface area contributed by atoms with Crippen molar-refractivity contribution >= 4 is 52.0 Å². The van der Waals surface area contributed by atoms with Crippen LogP contribution in [-0.4, -0.2) is 25.0 Å². The number of nitrogens with one attached hydrogen (secondary N) is 1. The number of anilines is 1. The molecule has 6 rings (SSSR count). The summed E-state index contributed by atoms with van der Waals surface area (Å²) in [6.07, 6.45) is 1.42. The minimum absolute atomic E-state index is 0.204. The first-order chi connectivity index (χ1) is 22.3. The molecule has 1 saturated heterocycles. The predicted molar refractivity (Wildman–Crippen MR) is 177 cm³/mol. The van der Waals surface area contributed by atoms with Crippen molar-refractivity contribution in [2.45, 2.75) is 20.1 Å². The number of carbonyl (C=O) groups is 3. The highest BCUT2D eigenvalue weighted by Gasteiger charge is 2.36. The molecule has 230 valence electrons. The normalized spacial score (nSPS) is 14.0. The van der Waals surface area contributed by atoms with Gasteiger partial charge >= 0.3 is 6.03 Å². The maximum Gasteiger partial charge on any atom is 0.335 e. The van der Waals surface area contributed by atoms with E-state index in [2.05, 4.69) is 29.6 Å². The minimum Gasteiger partial charge on any atom is -0.493 e. The fourth-order valence-electron chi connectivity index (χ4n) is 5.18. The third kappa shape index (κ3) is 6.43. The molecule has 0 unspecified atom stereocenters. The van der Waals surface area contributed by atoms with Gasteiger partial charge in [0.05, 0.1) is 12.8 Å². The van der Waals surface area contributed by atoms with Gasteiger partial charge in [0, 0.05) is 10.6 Å². The summed E-state index contributed by atoms with van der Waals surface area (Å²) in [7, 11) is 1.52. The van der Waals surface area contributed by atoms with Crippen LogP contribution in [0.2, 0.25) is 5.02 Å². The SMILES string of the molecule is COc1cc(/C=C2\C(=O)NC(=O)N(c3ccc(OCc4ccc(Cl)cc4)cc3)C2=O)ccc1OCc1c(C)ccc2ccccc12. The van der Waals surface area contributed by atoms with Crippen LogP contribution in [-0.2, 0) is 22.8 Å². The fraction of sp³-hybridized carbons (Fsp3) is 0.108. The Kier molecular flexibility index (Phi) is 8.72. The lowest BCUT2D eigenvalue weighted by Crippen LogP contribution is -2.54. The molecule has 0 aromatic heterocycles. The molecule has 4 amide bonds. The Morgan fingerprint density at radius 1 is 0.804 bits per heavy atom. The summed E-state index contributed by atoms with van der Waals surface area (Å²) in [5.74, 6) is -0.0702. The topological polar surface area (TPSA) is 94.2 Å². The number of aryl methyl sites for hydroxylation is 1. The molecule has 0 atom stereocenters. The van der Waals surface area contributed by atoms with Crippen LogP contribution >= 0.6 is 11.6 Å². The number of benzene rings is 5. The van der Waals surface area contributed by atoms with E-state index in [9.17, 15) is 14.4 Å². The first-order valence-electron chi connectivity index (χ1n) is 14.5. The molecule has 5 aromatic rings. The van der Waals surface area contributed by atoms with Gasteiger partial charge in [0.1, 0.15) is 24.5 Å². The third-order valence-corrected chi connectivity index (χ3v) is 7.91. The fourth-order valence-corrected chi connectivity index (χ4v) is 5.30. The summed E-state index contributed by atoms with van der Waals surface area (Å²) in [6.45, 7) is 2.69. The molecule has 0 radical (unpaired) electrons. The second kappa shape index (κ2) is 13.2. The standard InChI is InChI=1S/C37H29ClN2O6/c1-23-7-11-26-5-3-4-6-30(26)32(23)22-46-33-18-10-25(20-34(33)44-2)19-31-35(41)39-37(43)40(36(31)42)28-14-16-29(17-15-28)45-21-24-8-12-27(38)13-9-24/h3-20H,21-22H2,1-2H3,(H,39,41,43)/b31-19+. The molecular formula is C37H29ClN2O6. The van der Waals surface area contributed by atoms with E-state index >= 15 is 0 Å². The monoisotopic (exact) mass is 632 g/mol. The van der Waals surface area contributed by atoms with E-state index < -0.39 is 17.8 Å². The molecule has 1 heterocycles. The second-order valence-electron chi connectivity index (χ2n) is 10.6. The van der Waals surface area contributed by atoms with Gasteiger partial charge in [-0.1, -0.05) is 66.2 Å². The number of rotatable bonds is 9. The van der Waals surface area contributed by atoms with Crippen molar-refractivity contribution < 1.29 is 28.6 Å². The maximum atomic E-state index is 13.5. The number of carbonyl (C=O) groups excluding carboxylic acids is 3. The molecule has 0 bridgehead atoms. The van der Waals surface area contributed by atoms with Gasteiger partial charge in [0.2, 0.25) is 0 Å². The molecule has 9 heteroatoms. The van der Waals surface area contributed by atoms with Gasteiger partial charge in [-0.25, -0.2) is 9.69 Å². The van der Waals surface area contributed by atoms with E-state index in [-0.39, 0.29) is 11.3 Å². The van der Waals surface area contributed by atoms with Crippen LogP contribution in [0.3, 0.4) is 0 Å². The number of methoxy groups -OCH3 is 1. The average molecular weight is 633 g/mol. The summed E-state index contributed by atoms with van der Waals surface area (Å²) in [5, 5.41) is 5.13. The average Bonchev–Trinajstić information content (AvgIpc) is 3.06. The molecule has 0 spiro atoms. The van der Waals surface area contributed by atoms with E-state index in [0.29, 0.717) is 41.0 Å². The van der Waals surface area contributed by atoms with Crippen molar-refractivity contribution in [3.8, 4) is 17.2 Å². The number of urea groups is 1. The van der Waals surface area contributed by atoms with E-state index in [1.807, 2.05) is 31.2 Å². The summed E-state index contributed by atoms with van der Waals surface area (Å²) in [5.41, 5.74) is 3.71. The molecule has 46 heavy (non-hydrogen) atoms. The summed E-state index contributed by atoms with van der Waals surface area (Å²) in [4.78, 5) is 39.9. The Labute approximate surface area is 270 Å². The van der Waals surface area contributed by atoms with Gasteiger partial charge < -0.3 is 14.2 Å². The first-order valence-corrected chi connectivity index (χ1v) is 14.9. The number of amides is 4. The van der Waals surface area contributed by atoms with Crippen LogP contribution in [0.5, 0.6) is 17.2 Å². The summed E-state index contributed by atoms with van der Waals surface area (Å²) >= 11 is 5.94. The number of halogens is 1. The molecule has 1 aliphatic heterocycles. The van der Waals surface area contributed by atoms with E-state index in [0.717, 1.165) is 32.4 Å². The van der Waals surface area contributed by atoms with Crippen molar-refractivity contribution in [3.05, 3.63) is 136 Å². The van der Waals surface area contributed by atoms with E-state index in [4.69, 9.17) is 25.8 Å². The Morgan fingerprint density at radius 3 is 2.33 bits per heavy atom. The predicted octanol–water partition coefficient (Wildman–Crippen LogP) is 7.63. The number of fused-ring (bicyclic) bond motifs is 1.